The monoisotopic (exact) mass is 185 g/mol. The number of aromatic nitrogens is 1. The molecule has 1 saturated carbocycles. The van der Waals surface area contributed by atoms with Gasteiger partial charge in [0.25, 0.3) is 0 Å². The second-order valence-electron chi connectivity index (χ2n) is 2.88. The van der Waals surface area contributed by atoms with E-state index in [0.717, 1.165) is 11.7 Å². The Kier molecular flexibility index (Phi) is 2.48. The summed E-state index contributed by atoms with van der Waals surface area (Å²) in [5.41, 5.74) is 0. The molecule has 0 radical (unpaired) electrons. The van der Waals surface area contributed by atoms with Crippen LogP contribution in [0.3, 0.4) is 0 Å². The maximum atomic E-state index is 4.23. The molecule has 1 nitrogen and oxygen atoms in total. The number of thiazole rings is 1. The molecule has 1 fully saturated rings. The molecule has 1 aliphatic rings. The van der Waals surface area contributed by atoms with E-state index in [4.69, 9.17) is 0 Å². The van der Waals surface area contributed by atoms with E-state index < -0.39 is 0 Å². The Hall–Kier alpha value is -0.0200. The molecule has 0 aromatic carbocycles. The number of nitrogens with zero attached hydrogens (tertiary/aromatic N) is 1. The number of thioether (sulfide) groups is 1. The van der Waals surface area contributed by atoms with Crippen molar-refractivity contribution in [2.45, 2.75) is 18.6 Å². The zero-order valence-corrected chi connectivity index (χ0v) is 7.96. The molecule has 1 aromatic heterocycles. The standard InChI is InChI=1S/C8H11NS2/c1-2-7(1)5-10-6-8-9-3-4-11-8/h3-4,7H,1-2,5-6H2. The first-order valence-corrected chi connectivity index (χ1v) is 5.94. The maximum Gasteiger partial charge on any atom is 0.102 e. The van der Waals surface area contributed by atoms with Crippen molar-refractivity contribution in [3.8, 4) is 0 Å². The van der Waals surface area contributed by atoms with Crippen LogP contribution in [0, 0.1) is 5.92 Å². The van der Waals surface area contributed by atoms with Gasteiger partial charge in [-0.25, -0.2) is 4.98 Å². The van der Waals surface area contributed by atoms with Crippen LogP contribution < -0.4 is 0 Å². The van der Waals surface area contributed by atoms with Crippen LogP contribution in [0.15, 0.2) is 11.6 Å². The predicted octanol–water partition coefficient (Wildman–Crippen LogP) is 2.79. The Morgan fingerprint density at radius 3 is 3.18 bits per heavy atom. The van der Waals surface area contributed by atoms with Gasteiger partial charge in [-0.2, -0.15) is 11.8 Å². The quantitative estimate of drug-likeness (QED) is 0.715. The van der Waals surface area contributed by atoms with Crippen LogP contribution >= 0.6 is 23.1 Å². The maximum absolute atomic E-state index is 4.23. The van der Waals surface area contributed by atoms with Crippen LogP contribution in [0.2, 0.25) is 0 Å². The lowest BCUT2D eigenvalue weighted by molar-refractivity contribution is 0.999. The third-order valence-corrected chi connectivity index (χ3v) is 3.91. The molecule has 0 aliphatic heterocycles. The Morgan fingerprint density at radius 2 is 2.55 bits per heavy atom. The Morgan fingerprint density at radius 1 is 1.64 bits per heavy atom. The first-order valence-electron chi connectivity index (χ1n) is 3.91. The molecule has 1 heterocycles. The fraction of sp³-hybridized carbons (Fsp3) is 0.625. The zero-order valence-electron chi connectivity index (χ0n) is 6.32. The van der Waals surface area contributed by atoms with Crippen LogP contribution in [-0.4, -0.2) is 10.7 Å². The van der Waals surface area contributed by atoms with E-state index in [0.29, 0.717) is 0 Å². The molecule has 11 heavy (non-hydrogen) atoms. The highest BCUT2D eigenvalue weighted by Gasteiger charge is 2.20. The molecule has 0 spiro atoms. The molecule has 0 bridgehead atoms. The largest absolute Gasteiger partial charge is 0.249 e. The van der Waals surface area contributed by atoms with Crippen LogP contribution in [-0.2, 0) is 5.75 Å². The van der Waals surface area contributed by atoms with Crippen molar-refractivity contribution < 1.29 is 0 Å². The fourth-order valence-corrected chi connectivity index (χ4v) is 2.88. The van der Waals surface area contributed by atoms with Crippen molar-refractivity contribution in [2.75, 3.05) is 5.75 Å². The second kappa shape index (κ2) is 3.59. The Labute approximate surface area is 75.2 Å². The molecule has 2 rings (SSSR count). The first-order chi connectivity index (χ1) is 5.45. The second-order valence-corrected chi connectivity index (χ2v) is 4.89. The smallest absolute Gasteiger partial charge is 0.102 e. The minimum absolute atomic E-state index is 1.04. The van der Waals surface area contributed by atoms with Gasteiger partial charge in [0.05, 0.1) is 0 Å². The summed E-state index contributed by atoms with van der Waals surface area (Å²) in [4.78, 5) is 4.23. The molecule has 3 heteroatoms. The Balaban J connectivity index is 1.66. The summed E-state index contributed by atoms with van der Waals surface area (Å²) in [6.45, 7) is 0. The normalized spacial score (nSPS) is 17.1. The summed E-state index contributed by atoms with van der Waals surface area (Å²) in [5.74, 6) is 3.51. The third kappa shape index (κ3) is 2.49. The van der Waals surface area contributed by atoms with Gasteiger partial charge in [-0.15, -0.1) is 11.3 Å². The van der Waals surface area contributed by atoms with Gasteiger partial charge in [0, 0.05) is 17.3 Å². The van der Waals surface area contributed by atoms with E-state index in [-0.39, 0.29) is 0 Å². The molecule has 0 amide bonds. The highest BCUT2D eigenvalue weighted by molar-refractivity contribution is 7.98. The first kappa shape index (κ1) is 7.62. The summed E-state index contributed by atoms with van der Waals surface area (Å²) < 4.78 is 0. The van der Waals surface area contributed by atoms with Crippen molar-refractivity contribution in [3.05, 3.63) is 16.6 Å². The summed E-state index contributed by atoms with van der Waals surface area (Å²) in [7, 11) is 0. The molecular weight excluding hydrogens is 174 g/mol. The van der Waals surface area contributed by atoms with Gasteiger partial charge in [0.2, 0.25) is 0 Å². The number of hydrogen-bond donors (Lipinski definition) is 0. The predicted molar refractivity (Wildman–Crippen MR) is 51.0 cm³/mol. The van der Waals surface area contributed by atoms with Gasteiger partial charge in [0.15, 0.2) is 0 Å². The van der Waals surface area contributed by atoms with E-state index in [1.807, 2.05) is 23.3 Å². The molecule has 0 saturated heterocycles. The SMILES string of the molecule is c1csc(CSCC2CC2)n1. The summed E-state index contributed by atoms with van der Waals surface area (Å²) in [6, 6.07) is 0. The highest BCUT2D eigenvalue weighted by atomic mass is 32.2. The van der Waals surface area contributed by atoms with E-state index in [1.165, 1.54) is 23.6 Å². The van der Waals surface area contributed by atoms with Crippen molar-refractivity contribution in [1.29, 1.82) is 0 Å². The van der Waals surface area contributed by atoms with Crippen LogP contribution in [0.5, 0.6) is 0 Å². The van der Waals surface area contributed by atoms with Crippen molar-refractivity contribution in [2.24, 2.45) is 5.92 Å². The minimum atomic E-state index is 1.04. The van der Waals surface area contributed by atoms with Gasteiger partial charge >= 0.3 is 0 Å². The van der Waals surface area contributed by atoms with Crippen molar-refractivity contribution >= 4 is 23.1 Å². The lowest BCUT2D eigenvalue weighted by Crippen LogP contribution is -1.82. The molecule has 60 valence electrons. The molecule has 0 N–H and O–H groups in total. The lowest BCUT2D eigenvalue weighted by atomic mass is 10.5. The average Bonchev–Trinajstić information content (AvgIpc) is 2.66. The third-order valence-electron chi connectivity index (χ3n) is 1.76. The minimum Gasteiger partial charge on any atom is -0.249 e. The summed E-state index contributed by atoms with van der Waals surface area (Å²) in [5, 5.41) is 3.32. The van der Waals surface area contributed by atoms with Gasteiger partial charge in [-0.05, 0) is 24.5 Å². The average molecular weight is 185 g/mol. The van der Waals surface area contributed by atoms with Crippen molar-refractivity contribution in [1.82, 2.24) is 4.98 Å². The van der Waals surface area contributed by atoms with Gasteiger partial charge in [0.1, 0.15) is 5.01 Å². The Bertz CT molecular complexity index is 204. The van der Waals surface area contributed by atoms with Gasteiger partial charge in [-0.1, -0.05) is 0 Å². The number of rotatable bonds is 4. The van der Waals surface area contributed by atoms with E-state index in [2.05, 4.69) is 4.98 Å². The molecule has 1 aromatic rings. The highest BCUT2D eigenvalue weighted by Crippen LogP contribution is 2.33. The topological polar surface area (TPSA) is 12.9 Å². The number of hydrogen-bond acceptors (Lipinski definition) is 3. The van der Waals surface area contributed by atoms with Crippen LogP contribution in [0.1, 0.15) is 17.8 Å². The molecule has 0 atom stereocenters. The van der Waals surface area contributed by atoms with Crippen molar-refractivity contribution in [3.63, 3.8) is 0 Å². The fourth-order valence-electron chi connectivity index (χ4n) is 0.922. The van der Waals surface area contributed by atoms with E-state index in [1.54, 1.807) is 11.3 Å². The van der Waals surface area contributed by atoms with Crippen LogP contribution in [0.25, 0.3) is 0 Å². The molecular formula is C8H11NS2. The van der Waals surface area contributed by atoms with Gasteiger partial charge in [-0.3, -0.25) is 0 Å². The van der Waals surface area contributed by atoms with E-state index in [9.17, 15) is 0 Å². The van der Waals surface area contributed by atoms with E-state index >= 15 is 0 Å². The summed E-state index contributed by atoms with van der Waals surface area (Å²) >= 11 is 3.79. The lowest BCUT2D eigenvalue weighted by Gasteiger charge is -1.94. The van der Waals surface area contributed by atoms with Gasteiger partial charge < -0.3 is 0 Å². The molecule has 1 aliphatic carbocycles. The molecule has 0 unspecified atom stereocenters. The zero-order chi connectivity index (χ0) is 7.52. The van der Waals surface area contributed by atoms with Crippen LogP contribution in [0.4, 0.5) is 0 Å². The summed E-state index contributed by atoms with van der Waals surface area (Å²) in [6.07, 6.45) is 4.81.